The summed E-state index contributed by atoms with van der Waals surface area (Å²) in [6.07, 6.45) is 0. The van der Waals surface area contributed by atoms with Gasteiger partial charge in [-0.3, -0.25) is 9.59 Å². The maximum absolute atomic E-state index is 12.2. The standard InChI is InChI=1S/C19H16Cl2N4O4/c1-28-15-7-6-11(20)10-13(15)16-24-19(29-25-16)18(27)23-9-8-22-17(26)12-4-2-3-5-14(12)21/h2-7,10H,8-9H2,1H3,(H,22,26)(H,23,27). The van der Waals surface area contributed by atoms with Crippen molar-refractivity contribution in [3.05, 3.63) is 64.0 Å². The van der Waals surface area contributed by atoms with Crippen molar-refractivity contribution < 1.29 is 18.8 Å². The fourth-order valence-electron chi connectivity index (χ4n) is 2.45. The molecule has 0 saturated heterocycles. The van der Waals surface area contributed by atoms with Crippen LogP contribution in [0.4, 0.5) is 0 Å². The molecule has 2 aromatic carbocycles. The van der Waals surface area contributed by atoms with Gasteiger partial charge in [-0.05, 0) is 30.3 Å². The number of ether oxygens (including phenoxy) is 1. The van der Waals surface area contributed by atoms with Crippen molar-refractivity contribution in [2.24, 2.45) is 0 Å². The van der Waals surface area contributed by atoms with Crippen LogP contribution in [0, 0.1) is 0 Å². The Morgan fingerprint density at radius 3 is 2.52 bits per heavy atom. The second kappa shape index (κ2) is 9.40. The Bertz CT molecular complexity index is 1040. The molecule has 0 aliphatic carbocycles. The highest BCUT2D eigenvalue weighted by Crippen LogP contribution is 2.30. The minimum absolute atomic E-state index is 0.160. The fraction of sp³-hybridized carbons (Fsp3) is 0.158. The van der Waals surface area contributed by atoms with Gasteiger partial charge in [0.05, 0.1) is 23.3 Å². The molecule has 0 aliphatic rings. The van der Waals surface area contributed by atoms with Gasteiger partial charge >= 0.3 is 11.8 Å². The van der Waals surface area contributed by atoms with Crippen molar-refractivity contribution in [2.75, 3.05) is 20.2 Å². The fourth-order valence-corrected chi connectivity index (χ4v) is 2.84. The molecule has 0 saturated carbocycles. The average molecular weight is 435 g/mol. The van der Waals surface area contributed by atoms with Crippen LogP contribution in [0.2, 0.25) is 10.0 Å². The molecule has 2 N–H and O–H groups in total. The first-order chi connectivity index (χ1) is 14.0. The van der Waals surface area contributed by atoms with Gasteiger partial charge in [0.15, 0.2) is 0 Å². The number of hydrogen-bond acceptors (Lipinski definition) is 6. The third kappa shape index (κ3) is 5.04. The summed E-state index contributed by atoms with van der Waals surface area (Å²) < 4.78 is 10.2. The van der Waals surface area contributed by atoms with E-state index in [0.717, 1.165) is 0 Å². The number of nitrogens with one attached hydrogen (secondary N) is 2. The lowest BCUT2D eigenvalue weighted by Gasteiger charge is -2.07. The van der Waals surface area contributed by atoms with Gasteiger partial charge in [0.1, 0.15) is 5.75 Å². The smallest absolute Gasteiger partial charge is 0.316 e. The largest absolute Gasteiger partial charge is 0.496 e. The number of amides is 2. The van der Waals surface area contributed by atoms with Crippen LogP contribution in [0.1, 0.15) is 21.0 Å². The summed E-state index contributed by atoms with van der Waals surface area (Å²) in [4.78, 5) is 28.3. The van der Waals surface area contributed by atoms with Crippen LogP contribution in [0.5, 0.6) is 5.75 Å². The number of aromatic nitrogens is 2. The minimum Gasteiger partial charge on any atom is -0.496 e. The summed E-state index contributed by atoms with van der Waals surface area (Å²) >= 11 is 12.0. The molecule has 0 aliphatic heterocycles. The third-order valence-electron chi connectivity index (χ3n) is 3.84. The predicted octanol–water partition coefficient (Wildman–Crippen LogP) is 3.21. The number of rotatable bonds is 7. The summed E-state index contributed by atoms with van der Waals surface area (Å²) in [5.74, 6) is -0.472. The number of benzene rings is 2. The lowest BCUT2D eigenvalue weighted by atomic mass is 10.2. The van der Waals surface area contributed by atoms with E-state index >= 15 is 0 Å². The number of carbonyl (C=O) groups excluding carboxylic acids is 2. The molecule has 0 fully saturated rings. The van der Waals surface area contributed by atoms with E-state index in [1.165, 1.54) is 7.11 Å². The van der Waals surface area contributed by atoms with E-state index in [1.54, 1.807) is 42.5 Å². The third-order valence-corrected chi connectivity index (χ3v) is 4.40. The van der Waals surface area contributed by atoms with Crippen LogP contribution < -0.4 is 15.4 Å². The number of carbonyl (C=O) groups is 2. The first-order valence-corrected chi connectivity index (χ1v) is 9.23. The Balaban J connectivity index is 1.55. The molecular weight excluding hydrogens is 419 g/mol. The minimum atomic E-state index is -0.572. The lowest BCUT2D eigenvalue weighted by Crippen LogP contribution is -2.34. The Hall–Kier alpha value is -3.10. The second-order valence-electron chi connectivity index (χ2n) is 5.76. The molecule has 0 unspecified atom stereocenters. The van der Waals surface area contributed by atoms with Crippen molar-refractivity contribution in [2.45, 2.75) is 0 Å². The number of halogens is 2. The van der Waals surface area contributed by atoms with Crippen molar-refractivity contribution in [3.8, 4) is 17.1 Å². The molecular formula is C19H16Cl2N4O4. The second-order valence-corrected chi connectivity index (χ2v) is 6.60. The van der Waals surface area contributed by atoms with Crippen molar-refractivity contribution in [1.29, 1.82) is 0 Å². The normalized spacial score (nSPS) is 10.4. The van der Waals surface area contributed by atoms with E-state index in [-0.39, 0.29) is 30.7 Å². The van der Waals surface area contributed by atoms with Crippen LogP contribution in [0.15, 0.2) is 47.0 Å². The molecule has 1 heterocycles. The lowest BCUT2D eigenvalue weighted by molar-refractivity contribution is 0.0898. The number of hydrogen-bond donors (Lipinski definition) is 2. The van der Waals surface area contributed by atoms with Crippen molar-refractivity contribution in [3.63, 3.8) is 0 Å². The zero-order chi connectivity index (χ0) is 20.8. The summed E-state index contributed by atoms with van der Waals surface area (Å²) in [5, 5.41) is 9.86. The van der Waals surface area contributed by atoms with E-state index in [0.29, 0.717) is 26.9 Å². The predicted molar refractivity (Wildman–Crippen MR) is 107 cm³/mol. The quantitative estimate of drug-likeness (QED) is 0.552. The first-order valence-electron chi connectivity index (χ1n) is 8.48. The molecule has 0 radical (unpaired) electrons. The Morgan fingerprint density at radius 2 is 1.79 bits per heavy atom. The van der Waals surface area contributed by atoms with E-state index in [4.69, 9.17) is 32.5 Å². The van der Waals surface area contributed by atoms with Crippen molar-refractivity contribution >= 4 is 35.0 Å². The van der Waals surface area contributed by atoms with Gasteiger partial charge in [0, 0.05) is 18.1 Å². The van der Waals surface area contributed by atoms with Crippen molar-refractivity contribution in [1.82, 2.24) is 20.8 Å². The zero-order valence-electron chi connectivity index (χ0n) is 15.2. The van der Waals surface area contributed by atoms with Gasteiger partial charge in [-0.15, -0.1) is 0 Å². The molecule has 8 nitrogen and oxygen atoms in total. The molecule has 10 heteroatoms. The van der Waals surface area contributed by atoms with Gasteiger partial charge in [0.2, 0.25) is 5.82 Å². The molecule has 0 atom stereocenters. The molecule has 1 aromatic heterocycles. The Kier molecular flexibility index (Phi) is 6.69. The van der Waals surface area contributed by atoms with Crippen LogP contribution in [-0.2, 0) is 0 Å². The topological polar surface area (TPSA) is 106 Å². The molecule has 3 rings (SSSR count). The summed E-state index contributed by atoms with van der Waals surface area (Å²) in [6.45, 7) is 0.353. The van der Waals surface area contributed by atoms with Gasteiger partial charge < -0.3 is 19.9 Å². The molecule has 3 aromatic rings. The monoisotopic (exact) mass is 434 g/mol. The van der Waals surface area contributed by atoms with Gasteiger partial charge in [-0.2, -0.15) is 4.98 Å². The van der Waals surface area contributed by atoms with E-state index < -0.39 is 5.91 Å². The highest BCUT2D eigenvalue weighted by Gasteiger charge is 2.18. The number of nitrogens with zero attached hydrogens (tertiary/aromatic N) is 2. The highest BCUT2D eigenvalue weighted by molar-refractivity contribution is 6.33. The molecule has 0 bridgehead atoms. The van der Waals surface area contributed by atoms with Crippen LogP contribution >= 0.6 is 23.2 Å². The zero-order valence-corrected chi connectivity index (χ0v) is 16.8. The molecule has 150 valence electrons. The summed E-state index contributed by atoms with van der Waals surface area (Å²) in [5.41, 5.74) is 0.854. The molecule has 29 heavy (non-hydrogen) atoms. The maximum atomic E-state index is 12.2. The van der Waals surface area contributed by atoms with E-state index in [2.05, 4.69) is 20.8 Å². The maximum Gasteiger partial charge on any atom is 0.316 e. The van der Waals surface area contributed by atoms with E-state index in [9.17, 15) is 9.59 Å². The molecule has 0 spiro atoms. The SMILES string of the molecule is COc1ccc(Cl)cc1-c1noc(C(=O)NCCNC(=O)c2ccccc2Cl)n1. The van der Waals surface area contributed by atoms with Gasteiger partial charge in [-0.1, -0.05) is 40.5 Å². The van der Waals surface area contributed by atoms with Gasteiger partial charge in [-0.25, -0.2) is 0 Å². The Morgan fingerprint density at radius 1 is 1.07 bits per heavy atom. The highest BCUT2D eigenvalue weighted by atomic mass is 35.5. The first kappa shape index (κ1) is 20.6. The van der Waals surface area contributed by atoms with Gasteiger partial charge in [0.25, 0.3) is 5.91 Å². The summed E-state index contributed by atoms with van der Waals surface area (Å²) in [6, 6.07) is 11.6. The Labute approximate surface area is 176 Å². The molecule has 2 amide bonds. The average Bonchev–Trinajstić information content (AvgIpc) is 3.21. The summed E-state index contributed by atoms with van der Waals surface area (Å²) in [7, 11) is 1.50. The van der Waals surface area contributed by atoms with E-state index in [1.807, 2.05) is 0 Å². The van der Waals surface area contributed by atoms with Crippen LogP contribution in [0.3, 0.4) is 0 Å². The van der Waals surface area contributed by atoms with Crippen LogP contribution in [0.25, 0.3) is 11.4 Å². The van der Waals surface area contributed by atoms with Crippen LogP contribution in [-0.4, -0.2) is 42.2 Å². The number of methoxy groups -OCH3 is 1.